The number of epoxide rings is 1. The molecule has 1 aliphatic rings. The fourth-order valence-electron chi connectivity index (χ4n) is 0.991. The maximum absolute atomic E-state index is 10.3. The Hall–Kier alpha value is -0.870. The van der Waals surface area contributed by atoms with Crippen molar-refractivity contribution in [2.24, 2.45) is 0 Å². The first-order chi connectivity index (χ1) is 5.29. The van der Waals surface area contributed by atoms with Crippen LogP contribution < -0.4 is 0 Å². The third-order valence-corrected chi connectivity index (χ3v) is 2.31. The predicted molar refractivity (Wildman–Crippen MR) is 39.6 cm³/mol. The van der Waals surface area contributed by atoms with Crippen molar-refractivity contribution in [3.8, 4) is 0 Å². The summed E-state index contributed by atoms with van der Waals surface area (Å²) in [6, 6.07) is 1.89. The van der Waals surface area contributed by atoms with E-state index >= 15 is 0 Å². The molecule has 3 nitrogen and oxygen atoms in total. The van der Waals surface area contributed by atoms with Gasteiger partial charge in [-0.1, -0.05) is 0 Å². The summed E-state index contributed by atoms with van der Waals surface area (Å²) in [6.45, 7) is 0. The highest BCUT2D eigenvalue weighted by molar-refractivity contribution is 7.08. The van der Waals surface area contributed by atoms with E-state index in [2.05, 4.69) is 0 Å². The number of carbonyl (C=O) groups is 1. The van der Waals surface area contributed by atoms with Crippen molar-refractivity contribution >= 4 is 17.3 Å². The van der Waals surface area contributed by atoms with Gasteiger partial charge in [-0.3, -0.25) is 0 Å². The van der Waals surface area contributed by atoms with E-state index in [-0.39, 0.29) is 6.10 Å². The molecule has 1 fully saturated rings. The van der Waals surface area contributed by atoms with Crippen molar-refractivity contribution in [1.29, 1.82) is 0 Å². The minimum Gasteiger partial charge on any atom is -0.479 e. The summed E-state index contributed by atoms with van der Waals surface area (Å²) < 4.78 is 4.93. The zero-order valence-electron chi connectivity index (χ0n) is 5.56. The van der Waals surface area contributed by atoms with Crippen molar-refractivity contribution < 1.29 is 14.6 Å². The Kier molecular flexibility index (Phi) is 1.44. The lowest BCUT2D eigenvalue weighted by Crippen LogP contribution is -2.04. The first-order valence-electron chi connectivity index (χ1n) is 3.19. The van der Waals surface area contributed by atoms with Gasteiger partial charge in [0.2, 0.25) is 0 Å². The van der Waals surface area contributed by atoms with Gasteiger partial charge in [-0.25, -0.2) is 4.79 Å². The predicted octanol–water partition coefficient (Wildman–Crippen LogP) is 1.27. The first-order valence-corrected chi connectivity index (χ1v) is 4.13. The molecule has 4 heteroatoms. The fourth-order valence-corrected chi connectivity index (χ4v) is 1.67. The van der Waals surface area contributed by atoms with Crippen LogP contribution in [0.2, 0.25) is 0 Å². The van der Waals surface area contributed by atoms with Gasteiger partial charge in [-0.2, -0.15) is 11.3 Å². The first kappa shape index (κ1) is 6.82. The highest BCUT2D eigenvalue weighted by Crippen LogP contribution is 2.39. The van der Waals surface area contributed by atoms with Crippen molar-refractivity contribution in [2.75, 3.05) is 0 Å². The molecule has 0 aromatic carbocycles. The summed E-state index contributed by atoms with van der Waals surface area (Å²) in [5.41, 5.74) is 0.974. The van der Waals surface area contributed by atoms with Crippen LogP contribution in [0.15, 0.2) is 16.8 Å². The topological polar surface area (TPSA) is 49.8 Å². The number of carboxylic acids is 1. The maximum atomic E-state index is 10.3. The summed E-state index contributed by atoms with van der Waals surface area (Å²) in [7, 11) is 0. The van der Waals surface area contributed by atoms with Crippen LogP contribution in [-0.4, -0.2) is 17.2 Å². The van der Waals surface area contributed by atoms with Crippen LogP contribution in [0.5, 0.6) is 0 Å². The molecule has 1 aliphatic heterocycles. The zero-order valence-corrected chi connectivity index (χ0v) is 6.38. The molecular weight excluding hydrogens is 164 g/mol. The van der Waals surface area contributed by atoms with E-state index < -0.39 is 12.1 Å². The van der Waals surface area contributed by atoms with E-state index in [9.17, 15) is 4.79 Å². The van der Waals surface area contributed by atoms with Gasteiger partial charge in [-0.05, 0) is 22.4 Å². The number of carboxylic acid groups (broad SMARTS) is 1. The summed E-state index contributed by atoms with van der Waals surface area (Å²) >= 11 is 1.55. The molecule has 1 aromatic rings. The van der Waals surface area contributed by atoms with Crippen LogP contribution in [0.1, 0.15) is 11.7 Å². The van der Waals surface area contributed by atoms with Gasteiger partial charge in [-0.15, -0.1) is 0 Å². The Morgan fingerprint density at radius 3 is 3.00 bits per heavy atom. The van der Waals surface area contributed by atoms with Crippen molar-refractivity contribution in [3.63, 3.8) is 0 Å². The van der Waals surface area contributed by atoms with E-state index in [4.69, 9.17) is 9.84 Å². The number of hydrogen-bond donors (Lipinski definition) is 1. The summed E-state index contributed by atoms with van der Waals surface area (Å²) in [4.78, 5) is 10.3. The molecule has 0 unspecified atom stereocenters. The molecule has 0 aliphatic carbocycles. The molecule has 1 saturated heterocycles. The highest BCUT2D eigenvalue weighted by Gasteiger charge is 2.46. The van der Waals surface area contributed by atoms with Crippen molar-refractivity contribution in [2.45, 2.75) is 12.2 Å². The lowest BCUT2D eigenvalue weighted by molar-refractivity contribution is -0.138. The summed E-state index contributed by atoms with van der Waals surface area (Å²) in [6.07, 6.45) is -0.802. The monoisotopic (exact) mass is 170 g/mol. The number of hydrogen-bond acceptors (Lipinski definition) is 3. The maximum Gasteiger partial charge on any atom is 0.335 e. The van der Waals surface area contributed by atoms with Gasteiger partial charge in [0, 0.05) is 0 Å². The normalized spacial score (nSPS) is 28.4. The third-order valence-electron chi connectivity index (χ3n) is 1.61. The molecule has 58 valence electrons. The van der Waals surface area contributed by atoms with Crippen molar-refractivity contribution in [1.82, 2.24) is 0 Å². The molecule has 2 heterocycles. The van der Waals surface area contributed by atoms with Crippen LogP contribution in [0.3, 0.4) is 0 Å². The number of ether oxygens (including phenoxy) is 1. The van der Waals surface area contributed by atoms with E-state index in [1.165, 1.54) is 0 Å². The van der Waals surface area contributed by atoms with Gasteiger partial charge >= 0.3 is 5.97 Å². The molecule has 0 spiro atoms. The lowest BCUT2D eigenvalue weighted by atomic mass is 10.2. The standard InChI is InChI=1S/C7H6O3S/c8-7(9)6-5(10-6)4-1-2-11-3-4/h1-3,5-6H,(H,8,9)/t5-,6-/m1/s1. The molecule has 11 heavy (non-hydrogen) atoms. The zero-order chi connectivity index (χ0) is 7.84. The largest absolute Gasteiger partial charge is 0.479 e. The van der Waals surface area contributed by atoms with Crippen LogP contribution in [-0.2, 0) is 9.53 Å². The summed E-state index contributed by atoms with van der Waals surface area (Å²) in [5, 5.41) is 12.3. The van der Waals surface area contributed by atoms with E-state index in [1.54, 1.807) is 11.3 Å². The smallest absolute Gasteiger partial charge is 0.335 e. The quantitative estimate of drug-likeness (QED) is 0.680. The fraction of sp³-hybridized carbons (Fsp3) is 0.286. The second-order valence-corrected chi connectivity index (χ2v) is 3.15. The van der Waals surface area contributed by atoms with Gasteiger partial charge in [0.15, 0.2) is 6.10 Å². The van der Waals surface area contributed by atoms with Crippen LogP contribution in [0.4, 0.5) is 0 Å². The minimum absolute atomic E-state index is 0.196. The molecule has 1 N–H and O–H groups in total. The molecule has 0 bridgehead atoms. The molecule has 0 amide bonds. The molecule has 1 aromatic heterocycles. The van der Waals surface area contributed by atoms with E-state index in [1.807, 2.05) is 16.8 Å². The molecule has 0 saturated carbocycles. The molecule has 0 radical (unpaired) electrons. The second kappa shape index (κ2) is 2.32. The van der Waals surface area contributed by atoms with Gasteiger partial charge in [0.1, 0.15) is 6.10 Å². The Bertz CT molecular complexity index is 267. The van der Waals surface area contributed by atoms with Gasteiger partial charge < -0.3 is 9.84 Å². The van der Waals surface area contributed by atoms with Crippen LogP contribution in [0, 0.1) is 0 Å². The van der Waals surface area contributed by atoms with Gasteiger partial charge in [0.05, 0.1) is 0 Å². The molecule has 2 rings (SSSR count). The third kappa shape index (κ3) is 1.15. The Morgan fingerprint density at radius 2 is 2.55 bits per heavy atom. The minimum atomic E-state index is -0.874. The Labute approximate surface area is 67.2 Å². The SMILES string of the molecule is O=C(O)[C@@H]1O[C@@H]1c1ccsc1. The Balaban J connectivity index is 2.08. The number of rotatable bonds is 2. The van der Waals surface area contributed by atoms with Gasteiger partial charge in [0.25, 0.3) is 0 Å². The Morgan fingerprint density at radius 1 is 1.73 bits per heavy atom. The lowest BCUT2D eigenvalue weighted by Gasteiger charge is -1.83. The molecular formula is C7H6O3S. The highest BCUT2D eigenvalue weighted by atomic mass is 32.1. The summed E-state index contributed by atoms with van der Waals surface area (Å²) in [5.74, 6) is -0.874. The number of aliphatic carboxylic acids is 1. The average molecular weight is 170 g/mol. The molecule has 2 atom stereocenters. The van der Waals surface area contributed by atoms with E-state index in [0.717, 1.165) is 5.56 Å². The number of thiophene rings is 1. The van der Waals surface area contributed by atoms with Crippen molar-refractivity contribution in [3.05, 3.63) is 22.4 Å². The van der Waals surface area contributed by atoms with Crippen LogP contribution >= 0.6 is 11.3 Å². The second-order valence-electron chi connectivity index (χ2n) is 2.37. The van der Waals surface area contributed by atoms with Crippen LogP contribution in [0.25, 0.3) is 0 Å². The average Bonchev–Trinajstić information content (AvgIpc) is 2.60. The van der Waals surface area contributed by atoms with E-state index in [0.29, 0.717) is 0 Å².